The summed E-state index contributed by atoms with van der Waals surface area (Å²) in [5, 5.41) is 2.52. The number of likely N-dealkylation sites (tertiary alicyclic amines) is 1. The summed E-state index contributed by atoms with van der Waals surface area (Å²) in [4.78, 5) is 25.9. The lowest BCUT2D eigenvalue weighted by molar-refractivity contribution is -0.128. The molecular formula is C18H16F2N2O2. The molecule has 2 amide bonds. The van der Waals surface area contributed by atoms with Crippen LogP contribution in [0.4, 0.5) is 14.5 Å². The van der Waals surface area contributed by atoms with Crippen LogP contribution in [0, 0.1) is 17.6 Å². The molecule has 1 heterocycles. The average molecular weight is 330 g/mol. The minimum Gasteiger partial charge on any atom is -0.338 e. The second-order valence-corrected chi connectivity index (χ2v) is 5.77. The maximum Gasteiger partial charge on any atom is 0.229 e. The van der Waals surface area contributed by atoms with Crippen LogP contribution in [0.5, 0.6) is 0 Å². The SMILES string of the molecule is O=C(Nc1ccccc1F)[C@H]1CC(=O)N(Cc2ccc(F)cc2)C1. The van der Waals surface area contributed by atoms with E-state index < -0.39 is 11.7 Å². The van der Waals surface area contributed by atoms with E-state index in [9.17, 15) is 18.4 Å². The molecule has 0 aromatic heterocycles. The lowest BCUT2D eigenvalue weighted by atomic mass is 10.1. The van der Waals surface area contributed by atoms with Gasteiger partial charge in [-0.25, -0.2) is 8.78 Å². The molecule has 0 unspecified atom stereocenters. The van der Waals surface area contributed by atoms with Gasteiger partial charge in [0.1, 0.15) is 11.6 Å². The van der Waals surface area contributed by atoms with Crippen molar-refractivity contribution in [1.82, 2.24) is 4.90 Å². The zero-order valence-corrected chi connectivity index (χ0v) is 12.8. The summed E-state index contributed by atoms with van der Waals surface area (Å²) < 4.78 is 26.5. The number of amides is 2. The van der Waals surface area contributed by atoms with E-state index in [1.807, 2.05) is 0 Å². The number of nitrogens with zero attached hydrogens (tertiary/aromatic N) is 1. The van der Waals surface area contributed by atoms with Gasteiger partial charge in [0.25, 0.3) is 0 Å². The van der Waals surface area contributed by atoms with Gasteiger partial charge in [-0.15, -0.1) is 0 Å². The third kappa shape index (κ3) is 3.59. The summed E-state index contributed by atoms with van der Waals surface area (Å²) in [5.41, 5.74) is 0.895. The second kappa shape index (κ2) is 6.78. The fourth-order valence-electron chi connectivity index (χ4n) is 2.71. The highest BCUT2D eigenvalue weighted by Gasteiger charge is 2.34. The largest absolute Gasteiger partial charge is 0.338 e. The first-order valence-electron chi connectivity index (χ1n) is 7.60. The predicted molar refractivity (Wildman–Crippen MR) is 85.0 cm³/mol. The van der Waals surface area contributed by atoms with Gasteiger partial charge in [-0.1, -0.05) is 24.3 Å². The average Bonchev–Trinajstić information content (AvgIpc) is 2.93. The quantitative estimate of drug-likeness (QED) is 0.937. The number of carbonyl (C=O) groups is 2. The molecular weight excluding hydrogens is 314 g/mol. The Labute approximate surface area is 138 Å². The Morgan fingerprint density at radius 1 is 1.12 bits per heavy atom. The van der Waals surface area contributed by atoms with Gasteiger partial charge in [0.2, 0.25) is 11.8 Å². The smallest absolute Gasteiger partial charge is 0.229 e. The zero-order valence-electron chi connectivity index (χ0n) is 12.8. The molecule has 6 heteroatoms. The number of carbonyl (C=O) groups excluding carboxylic acids is 2. The number of hydrogen-bond acceptors (Lipinski definition) is 2. The Kier molecular flexibility index (Phi) is 4.55. The number of benzene rings is 2. The van der Waals surface area contributed by atoms with Gasteiger partial charge in [-0.3, -0.25) is 9.59 Å². The van der Waals surface area contributed by atoms with Crippen LogP contribution in [0.2, 0.25) is 0 Å². The Morgan fingerprint density at radius 3 is 2.54 bits per heavy atom. The Morgan fingerprint density at radius 2 is 1.83 bits per heavy atom. The minimum absolute atomic E-state index is 0.0848. The van der Waals surface area contributed by atoms with E-state index in [0.29, 0.717) is 6.54 Å². The number of anilines is 1. The van der Waals surface area contributed by atoms with Gasteiger partial charge >= 0.3 is 0 Å². The molecule has 3 rings (SSSR count). The zero-order chi connectivity index (χ0) is 17.1. The van der Waals surface area contributed by atoms with Crippen molar-refractivity contribution in [1.29, 1.82) is 0 Å². The third-order valence-electron chi connectivity index (χ3n) is 4.00. The van der Waals surface area contributed by atoms with Gasteiger partial charge in [-0.2, -0.15) is 0 Å². The highest BCUT2D eigenvalue weighted by molar-refractivity contribution is 5.97. The Balaban J connectivity index is 1.62. The number of para-hydroxylation sites is 1. The van der Waals surface area contributed by atoms with E-state index in [2.05, 4.69) is 5.32 Å². The molecule has 0 radical (unpaired) electrons. The van der Waals surface area contributed by atoms with E-state index in [-0.39, 0.29) is 36.3 Å². The molecule has 1 fully saturated rings. The second-order valence-electron chi connectivity index (χ2n) is 5.77. The molecule has 4 nitrogen and oxygen atoms in total. The molecule has 24 heavy (non-hydrogen) atoms. The van der Waals surface area contributed by atoms with E-state index in [1.165, 1.54) is 30.3 Å². The molecule has 0 bridgehead atoms. The minimum atomic E-state index is -0.530. The summed E-state index contributed by atoms with van der Waals surface area (Å²) in [5.74, 6) is -1.91. The standard InChI is InChI=1S/C18H16F2N2O2/c19-14-7-5-12(6-8-14)10-22-11-13(9-17(22)23)18(24)21-16-4-2-1-3-15(16)20/h1-8,13H,9-11H2,(H,21,24)/t13-/m0/s1. The van der Waals surface area contributed by atoms with Gasteiger partial charge in [0.05, 0.1) is 11.6 Å². The molecule has 0 aliphatic carbocycles. The van der Waals surface area contributed by atoms with E-state index >= 15 is 0 Å². The third-order valence-corrected chi connectivity index (χ3v) is 4.00. The van der Waals surface area contributed by atoms with Crippen molar-refractivity contribution < 1.29 is 18.4 Å². The van der Waals surface area contributed by atoms with Crippen molar-refractivity contribution in [2.75, 3.05) is 11.9 Å². The summed E-state index contributed by atoms with van der Waals surface area (Å²) in [6.45, 7) is 0.582. The summed E-state index contributed by atoms with van der Waals surface area (Å²) in [6.07, 6.45) is 0.0848. The monoisotopic (exact) mass is 330 g/mol. The van der Waals surface area contributed by atoms with Gasteiger partial charge in [-0.05, 0) is 29.8 Å². The van der Waals surface area contributed by atoms with Gasteiger partial charge in [0, 0.05) is 19.5 Å². The number of nitrogens with one attached hydrogen (secondary N) is 1. The number of hydrogen-bond donors (Lipinski definition) is 1. The Hall–Kier alpha value is -2.76. The van der Waals surface area contributed by atoms with Crippen molar-refractivity contribution in [3.05, 3.63) is 65.7 Å². The molecule has 1 N–H and O–H groups in total. The molecule has 1 aliphatic rings. The highest BCUT2D eigenvalue weighted by atomic mass is 19.1. The normalized spacial score (nSPS) is 17.2. The molecule has 124 valence electrons. The lowest BCUT2D eigenvalue weighted by Crippen LogP contribution is -2.28. The van der Waals surface area contributed by atoms with Crippen molar-refractivity contribution in [3.8, 4) is 0 Å². The molecule has 0 spiro atoms. The maximum atomic E-state index is 13.6. The van der Waals surface area contributed by atoms with Crippen molar-refractivity contribution in [2.45, 2.75) is 13.0 Å². The summed E-state index contributed by atoms with van der Waals surface area (Å²) in [7, 11) is 0. The van der Waals surface area contributed by atoms with Crippen LogP contribution in [-0.2, 0) is 16.1 Å². The molecule has 1 aliphatic heterocycles. The van der Waals surface area contributed by atoms with Crippen molar-refractivity contribution >= 4 is 17.5 Å². The first-order chi connectivity index (χ1) is 11.5. The maximum absolute atomic E-state index is 13.6. The Bertz CT molecular complexity index is 762. The van der Waals surface area contributed by atoms with Gasteiger partial charge < -0.3 is 10.2 Å². The van der Waals surface area contributed by atoms with Crippen LogP contribution in [0.3, 0.4) is 0 Å². The molecule has 2 aromatic rings. The predicted octanol–water partition coefficient (Wildman–Crippen LogP) is 2.95. The molecule has 2 aromatic carbocycles. The van der Waals surface area contributed by atoms with E-state index in [0.717, 1.165) is 5.56 Å². The fraction of sp³-hybridized carbons (Fsp3) is 0.222. The first kappa shape index (κ1) is 16.1. The molecule has 0 saturated carbocycles. The van der Waals surface area contributed by atoms with E-state index in [1.54, 1.807) is 23.1 Å². The van der Waals surface area contributed by atoms with Crippen LogP contribution >= 0.6 is 0 Å². The van der Waals surface area contributed by atoms with Crippen LogP contribution in [0.25, 0.3) is 0 Å². The van der Waals surface area contributed by atoms with Gasteiger partial charge in [0.15, 0.2) is 0 Å². The topological polar surface area (TPSA) is 49.4 Å². The fourth-order valence-corrected chi connectivity index (χ4v) is 2.71. The molecule has 1 atom stereocenters. The first-order valence-corrected chi connectivity index (χ1v) is 7.60. The van der Waals surface area contributed by atoms with Crippen molar-refractivity contribution in [3.63, 3.8) is 0 Å². The number of halogens is 2. The van der Waals surface area contributed by atoms with E-state index in [4.69, 9.17) is 0 Å². The van der Waals surface area contributed by atoms with Crippen LogP contribution in [0.1, 0.15) is 12.0 Å². The van der Waals surface area contributed by atoms with Crippen LogP contribution < -0.4 is 5.32 Å². The summed E-state index contributed by atoms with van der Waals surface area (Å²) >= 11 is 0. The molecule has 1 saturated heterocycles. The van der Waals surface area contributed by atoms with Crippen LogP contribution in [-0.4, -0.2) is 23.3 Å². The summed E-state index contributed by atoms with van der Waals surface area (Å²) in [6, 6.07) is 11.8. The highest BCUT2D eigenvalue weighted by Crippen LogP contribution is 2.22. The van der Waals surface area contributed by atoms with Crippen LogP contribution in [0.15, 0.2) is 48.5 Å². The van der Waals surface area contributed by atoms with Crippen molar-refractivity contribution in [2.24, 2.45) is 5.92 Å². The number of rotatable bonds is 4. The lowest BCUT2D eigenvalue weighted by Gasteiger charge is -2.16.